The number of nitrogens with zero attached hydrogens (tertiary/aromatic N) is 2. The fourth-order valence-corrected chi connectivity index (χ4v) is 4.43. The molecule has 9 heteroatoms. The lowest BCUT2D eigenvalue weighted by molar-refractivity contribution is -0.143. The average Bonchev–Trinajstić information content (AvgIpc) is 3.61. The third kappa shape index (κ3) is 6.17. The number of hydrogen-bond acceptors (Lipinski definition) is 5. The maximum atomic E-state index is 13.0. The average molecular weight is 491 g/mol. The Morgan fingerprint density at radius 3 is 2.31 bits per heavy atom. The molecule has 36 heavy (non-hydrogen) atoms. The topological polar surface area (TPSA) is 136 Å². The number of aliphatic hydroxyl groups is 1. The minimum Gasteiger partial charge on any atom is -0.481 e. The van der Waals surface area contributed by atoms with E-state index in [2.05, 4.69) is 15.5 Å². The number of carboxylic acids is 1. The number of aromatic nitrogens is 2. The van der Waals surface area contributed by atoms with Crippen LogP contribution in [0.2, 0.25) is 0 Å². The first-order valence-corrected chi connectivity index (χ1v) is 12.1. The Labute approximate surface area is 209 Å². The zero-order chi connectivity index (χ0) is 25.5. The number of carboxylic acid groups (broad SMARTS) is 1. The Bertz CT molecular complexity index is 1190. The third-order valence-corrected chi connectivity index (χ3v) is 6.45. The monoisotopic (exact) mass is 490 g/mol. The molecule has 3 aromatic rings. The molecular formula is C27H30N4O5. The highest BCUT2D eigenvalue weighted by Gasteiger charge is 2.26. The quantitative estimate of drug-likeness (QED) is 0.345. The summed E-state index contributed by atoms with van der Waals surface area (Å²) in [6.07, 6.45) is 2.32. The summed E-state index contributed by atoms with van der Waals surface area (Å²) in [4.78, 5) is 38.8. The lowest BCUT2D eigenvalue weighted by atomic mass is 9.94. The van der Waals surface area contributed by atoms with Crippen LogP contribution in [-0.4, -0.2) is 68.8 Å². The maximum Gasteiger partial charge on any atom is 0.308 e. The summed E-state index contributed by atoms with van der Waals surface area (Å²) >= 11 is 0. The minimum absolute atomic E-state index is 0.0473. The number of rotatable bonds is 10. The van der Waals surface area contributed by atoms with E-state index >= 15 is 0 Å². The molecular weight excluding hydrogens is 460 g/mol. The molecule has 0 spiro atoms. The standard InChI is InChI=1S/C27H30N4O5/c32-17-21(27(35)36)15-22(14-18-8-10-20(11-9-18)19-6-2-1-3-7-19)28-25(33)23-16-24(30-29-23)26(34)31-12-4-5-13-31/h1-3,6-11,16,21-22,32H,4-5,12-15,17H2,(H,28,33)(H,29,30)(H,35,36)/t21-,22+/m0/s1. The number of hydrogen-bond donors (Lipinski definition) is 4. The van der Waals surface area contributed by atoms with Crippen LogP contribution in [0.5, 0.6) is 0 Å². The van der Waals surface area contributed by atoms with Crippen LogP contribution in [0.1, 0.15) is 45.8 Å². The molecule has 1 fully saturated rings. The summed E-state index contributed by atoms with van der Waals surface area (Å²) in [5, 5.41) is 28.5. The van der Waals surface area contributed by atoms with Crippen molar-refractivity contribution in [1.82, 2.24) is 20.4 Å². The molecule has 2 amide bonds. The number of H-pyrrole nitrogens is 1. The highest BCUT2D eigenvalue weighted by atomic mass is 16.4. The molecule has 0 aliphatic carbocycles. The van der Waals surface area contributed by atoms with E-state index in [4.69, 9.17) is 0 Å². The van der Waals surface area contributed by atoms with E-state index in [9.17, 15) is 24.6 Å². The van der Waals surface area contributed by atoms with Crippen molar-refractivity contribution in [3.05, 3.63) is 77.6 Å². The van der Waals surface area contributed by atoms with Crippen LogP contribution in [-0.2, 0) is 11.2 Å². The molecule has 1 aliphatic heterocycles. The molecule has 0 radical (unpaired) electrons. The lowest BCUT2D eigenvalue weighted by Crippen LogP contribution is -2.40. The zero-order valence-corrected chi connectivity index (χ0v) is 19.9. The van der Waals surface area contributed by atoms with Crippen molar-refractivity contribution < 1.29 is 24.6 Å². The molecule has 1 aliphatic rings. The van der Waals surface area contributed by atoms with Gasteiger partial charge in [-0.2, -0.15) is 5.10 Å². The van der Waals surface area contributed by atoms with Gasteiger partial charge in [-0.3, -0.25) is 19.5 Å². The number of aliphatic carboxylic acids is 1. The van der Waals surface area contributed by atoms with Gasteiger partial charge in [0.05, 0.1) is 12.5 Å². The van der Waals surface area contributed by atoms with E-state index in [-0.39, 0.29) is 23.7 Å². The van der Waals surface area contributed by atoms with Crippen LogP contribution in [0.4, 0.5) is 0 Å². The lowest BCUT2D eigenvalue weighted by Gasteiger charge is -2.21. The van der Waals surface area contributed by atoms with Crippen molar-refractivity contribution in [2.24, 2.45) is 5.92 Å². The van der Waals surface area contributed by atoms with Gasteiger partial charge in [-0.15, -0.1) is 0 Å². The first-order chi connectivity index (χ1) is 17.4. The number of carbonyl (C=O) groups is 3. The van der Waals surface area contributed by atoms with Crippen LogP contribution in [0.25, 0.3) is 11.1 Å². The summed E-state index contributed by atoms with van der Waals surface area (Å²) in [6, 6.07) is 18.6. The SMILES string of the molecule is O=C(N[C@H](Cc1ccc(-c2ccccc2)cc1)C[C@@H](CO)C(=O)O)c1cc(C(=O)N2CCCC2)n[nH]1. The molecule has 0 unspecified atom stereocenters. The largest absolute Gasteiger partial charge is 0.481 e. The highest BCUT2D eigenvalue weighted by molar-refractivity contribution is 5.97. The van der Waals surface area contributed by atoms with Crippen molar-refractivity contribution in [2.45, 2.75) is 31.7 Å². The second kappa shape index (κ2) is 11.6. The van der Waals surface area contributed by atoms with Crippen LogP contribution in [0, 0.1) is 5.92 Å². The molecule has 2 atom stereocenters. The predicted octanol–water partition coefficient (Wildman–Crippen LogP) is 2.74. The van der Waals surface area contributed by atoms with E-state index in [0.717, 1.165) is 29.5 Å². The summed E-state index contributed by atoms with van der Waals surface area (Å²) in [5.41, 5.74) is 3.34. The Morgan fingerprint density at radius 1 is 1.00 bits per heavy atom. The molecule has 2 heterocycles. The van der Waals surface area contributed by atoms with Crippen molar-refractivity contribution in [3.8, 4) is 11.1 Å². The number of nitrogens with one attached hydrogen (secondary N) is 2. The second-order valence-corrected chi connectivity index (χ2v) is 9.06. The molecule has 0 saturated carbocycles. The molecule has 9 nitrogen and oxygen atoms in total. The van der Waals surface area contributed by atoms with Gasteiger partial charge in [0.1, 0.15) is 5.69 Å². The van der Waals surface area contributed by atoms with Crippen molar-refractivity contribution in [1.29, 1.82) is 0 Å². The minimum atomic E-state index is -1.13. The molecule has 1 aromatic heterocycles. The normalized spacial score (nSPS) is 14.9. The van der Waals surface area contributed by atoms with Gasteiger partial charge in [0.15, 0.2) is 5.69 Å². The number of amides is 2. The molecule has 188 valence electrons. The van der Waals surface area contributed by atoms with E-state index in [0.29, 0.717) is 19.5 Å². The third-order valence-electron chi connectivity index (χ3n) is 6.45. The molecule has 4 N–H and O–H groups in total. The van der Waals surface area contributed by atoms with Crippen molar-refractivity contribution in [3.63, 3.8) is 0 Å². The Hall–Kier alpha value is -3.98. The number of likely N-dealkylation sites (tertiary alicyclic amines) is 1. The van der Waals surface area contributed by atoms with Gasteiger partial charge in [0.25, 0.3) is 11.8 Å². The summed E-state index contributed by atoms with van der Waals surface area (Å²) in [6.45, 7) is 0.819. The fourth-order valence-electron chi connectivity index (χ4n) is 4.43. The summed E-state index contributed by atoms with van der Waals surface area (Å²) < 4.78 is 0. The number of carbonyl (C=O) groups excluding carboxylic acids is 2. The predicted molar refractivity (Wildman–Crippen MR) is 133 cm³/mol. The summed E-state index contributed by atoms with van der Waals surface area (Å²) in [5.74, 6) is -2.86. The van der Waals surface area contributed by atoms with Crippen LogP contribution >= 0.6 is 0 Å². The van der Waals surface area contributed by atoms with Gasteiger partial charge >= 0.3 is 5.97 Å². The smallest absolute Gasteiger partial charge is 0.308 e. The molecule has 0 bridgehead atoms. The van der Waals surface area contributed by atoms with E-state index < -0.39 is 30.4 Å². The first-order valence-electron chi connectivity index (χ1n) is 12.1. The molecule has 2 aromatic carbocycles. The Kier molecular flexibility index (Phi) is 8.12. The number of aromatic amines is 1. The van der Waals surface area contributed by atoms with Crippen molar-refractivity contribution in [2.75, 3.05) is 19.7 Å². The molecule has 1 saturated heterocycles. The van der Waals surface area contributed by atoms with Gasteiger partial charge in [-0.05, 0) is 42.4 Å². The number of aliphatic hydroxyl groups excluding tert-OH is 1. The van der Waals surface area contributed by atoms with E-state index in [1.54, 1.807) is 4.90 Å². The summed E-state index contributed by atoms with van der Waals surface area (Å²) in [7, 11) is 0. The second-order valence-electron chi connectivity index (χ2n) is 9.06. The van der Waals surface area contributed by atoms with Crippen molar-refractivity contribution >= 4 is 17.8 Å². The van der Waals surface area contributed by atoms with Crippen LogP contribution in [0.15, 0.2) is 60.7 Å². The maximum absolute atomic E-state index is 13.0. The number of benzene rings is 2. The fraction of sp³-hybridized carbons (Fsp3) is 0.333. The van der Waals surface area contributed by atoms with Gasteiger partial charge in [0, 0.05) is 25.2 Å². The van der Waals surface area contributed by atoms with E-state index in [1.807, 2.05) is 54.6 Å². The molecule has 4 rings (SSSR count). The van der Waals surface area contributed by atoms with Crippen LogP contribution < -0.4 is 5.32 Å². The van der Waals surface area contributed by atoms with Gasteiger partial charge < -0.3 is 20.4 Å². The Balaban J connectivity index is 1.47. The van der Waals surface area contributed by atoms with Gasteiger partial charge in [0.2, 0.25) is 0 Å². The highest BCUT2D eigenvalue weighted by Crippen LogP contribution is 2.21. The zero-order valence-electron chi connectivity index (χ0n) is 19.9. The van der Waals surface area contributed by atoms with Gasteiger partial charge in [-0.1, -0.05) is 54.6 Å². The first kappa shape index (κ1) is 25.1. The Morgan fingerprint density at radius 2 is 1.67 bits per heavy atom. The van der Waals surface area contributed by atoms with E-state index in [1.165, 1.54) is 6.07 Å². The van der Waals surface area contributed by atoms with Gasteiger partial charge in [-0.25, -0.2) is 0 Å². The van der Waals surface area contributed by atoms with Crippen LogP contribution in [0.3, 0.4) is 0 Å².